The van der Waals surface area contributed by atoms with E-state index in [0.717, 1.165) is 24.4 Å². The number of carbonyl (C=O) groups excluding carboxylic acids is 1. The summed E-state index contributed by atoms with van der Waals surface area (Å²) in [5, 5.41) is 2.99. The lowest BCUT2D eigenvalue weighted by Gasteiger charge is -2.21. The van der Waals surface area contributed by atoms with Gasteiger partial charge in [0.05, 0.1) is 23.4 Å². The second kappa shape index (κ2) is 7.09. The summed E-state index contributed by atoms with van der Waals surface area (Å²) in [5.41, 5.74) is 0.885. The lowest BCUT2D eigenvalue weighted by Crippen LogP contribution is -2.37. The minimum absolute atomic E-state index is 0.0712. The quantitative estimate of drug-likeness (QED) is 0.919. The number of anilines is 1. The first-order valence-electron chi connectivity index (χ1n) is 7.73. The molecule has 0 unspecified atom stereocenters. The average Bonchev–Trinajstić information content (AvgIpc) is 3.03. The summed E-state index contributed by atoms with van der Waals surface area (Å²) in [6.45, 7) is 1.43. The van der Waals surface area contributed by atoms with Gasteiger partial charge in [-0.25, -0.2) is 4.39 Å². The van der Waals surface area contributed by atoms with E-state index in [1.807, 2.05) is 24.3 Å². The van der Waals surface area contributed by atoms with Crippen molar-refractivity contribution in [3.05, 3.63) is 58.9 Å². The van der Waals surface area contributed by atoms with Crippen LogP contribution in [0.1, 0.15) is 16.8 Å². The number of hydrogen-bond donors (Lipinski definition) is 1. The molecule has 0 aromatic heterocycles. The molecular weight excluding hydrogens is 331 g/mol. The molecule has 0 bridgehead atoms. The predicted molar refractivity (Wildman–Crippen MR) is 92.5 cm³/mol. The standard InChI is InChI=1S/C18H18ClFN2O2/c1-24-16-8-3-2-7-15(16)22-10-9-12(11-22)21-18(23)17-13(19)5-4-6-14(17)20/h2-8,12H,9-11H2,1H3,(H,21,23)/t12-/m1/s1. The van der Waals surface area contributed by atoms with Crippen molar-refractivity contribution in [1.82, 2.24) is 5.32 Å². The fourth-order valence-electron chi connectivity index (χ4n) is 2.96. The van der Waals surface area contributed by atoms with Crippen LogP contribution < -0.4 is 15.0 Å². The molecule has 1 aliphatic rings. The van der Waals surface area contributed by atoms with E-state index in [0.29, 0.717) is 6.54 Å². The molecule has 0 saturated carbocycles. The summed E-state index contributed by atoms with van der Waals surface area (Å²) in [7, 11) is 1.63. The summed E-state index contributed by atoms with van der Waals surface area (Å²) in [5.74, 6) is -0.300. The van der Waals surface area contributed by atoms with Crippen LogP contribution >= 0.6 is 11.6 Å². The van der Waals surface area contributed by atoms with E-state index in [-0.39, 0.29) is 16.6 Å². The van der Waals surface area contributed by atoms with Gasteiger partial charge in [0.1, 0.15) is 11.6 Å². The van der Waals surface area contributed by atoms with Crippen LogP contribution in [0.5, 0.6) is 5.75 Å². The Labute approximate surface area is 145 Å². The topological polar surface area (TPSA) is 41.6 Å². The van der Waals surface area contributed by atoms with E-state index in [2.05, 4.69) is 10.2 Å². The Morgan fingerprint density at radius 2 is 2.08 bits per heavy atom. The highest BCUT2D eigenvalue weighted by atomic mass is 35.5. The zero-order valence-electron chi connectivity index (χ0n) is 13.3. The molecule has 2 aromatic rings. The van der Waals surface area contributed by atoms with Crippen LogP contribution in [0.25, 0.3) is 0 Å². The SMILES string of the molecule is COc1ccccc1N1CC[C@@H](NC(=O)c2c(F)cccc2Cl)C1. The predicted octanol–water partition coefficient (Wildman–Crippen LogP) is 3.50. The monoisotopic (exact) mass is 348 g/mol. The molecule has 126 valence electrons. The van der Waals surface area contributed by atoms with Gasteiger partial charge >= 0.3 is 0 Å². The van der Waals surface area contributed by atoms with Crippen LogP contribution in [0.15, 0.2) is 42.5 Å². The van der Waals surface area contributed by atoms with Gasteiger partial charge in [-0.1, -0.05) is 29.8 Å². The summed E-state index contributed by atoms with van der Waals surface area (Å²) in [6, 6.07) is 11.9. The number of amides is 1. The molecule has 4 nitrogen and oxygen atoms in total. The molecular formula is C18H18ClFN2O2. The third-order valence-electron chi connectivity index (χ3n) is 4.14. The van der Waals surface area contributed by atoms with Gasteiger partial charge in [0, 0.05) is 19.1 Å². The van der Waals surface area contributed by atoms with Crippen molar-refractivity contribution in [3.63, 3.8) is 0 Å². The number of carbonyl (C=O) groups is 1. The zero-order chi connectivity index (χ0) is 17.1. The first-order valence-corrected chi connectivity index (χ1v) is 8.11. The molecule has 1 aliphatic heterocycles. The Balaban J connectivity index is 1.69. The average molecular weight is 349 g/mol. The van der Waals surface area contributed by atoms with Gasteiger partial charge in [0.2, 0.25) is 0 Å². The molecule has 0 aliphatic carbocycles. The number of benzene rings is 2. The molecule has 3 rings (SSSR count). The van der Waals surface area contributed by atoms with Gasteiger partial charge in [-0.15, -0.1) is 0 Å². The van der Waals surface area contributed by atoms with Crippen molar-refractivity contribution in [1.29, 1.82) is 0 Å². The second-order valence-electron chi connectivity index (χ2n) is 5.67. The Hall–Kier alpha value is -2.27. The fourth-order valence-corrected chi connectivity index (χ4v) is 3.21. The zero-order valence-corrected chi connectivity index (χ0v) is 14.0. The van der Waals surface area contributed by atoms with Crippen molar-refractivity contribution < 1.29 is 13.9 Å². The smallest absolute Gasteiger partial charge is 0.256 e. The Morgan fingerprint density at radius 3 is 2.83 bits per heavy atom. The van der Waals surface area contributed by atoms with Crippen LogP contribution in [0.4, 0.5) is 10.1 Å². The van der Waals surface area contributed by atoms with Crippen molar-refractivity contribution in [2.45, 2.75) is 12.5 Å². The molecule has 0 spiro atoms. The summed E-state index contributed by atoms with van der Waals surface area (Å²) in [4.78, 5) is 14.5. The number of hydrogen-bond acceptors (Lipinski definition) is 3. The second-order valence-corrected chi connectivity index (χ2v) is 6.08. The summed E-state index contributed by atoms with van der Waals surface area (Å²) < 4.78 is 19.2. The third-order valence-corrected chi connectivity index (χ3v) is 4.45. The van der Waals surface area contributed by atoms with Crippen LogP contribution in [0.2, 0.25) is 5.02 Å². The molecule has 1 atom stereocenters. The summed E-state index contributed by atoms with van der Waals surface area (Å²) >= 11 is 5.95. The number of rotatable bonds is 4. The molecule has 1 N–H and O–H groups in total. The number of nitrogens with one attached hydrogen (secondary N) is 1. The van der Waals surface area contributed by atoms with Gasteiger partial charge in [0.15, 0.2) is 0 Å². The Bertz CT molecular complexity index is 733. The van der Waals surface area contributed by atoms with E-state index in [4.69, 9.17) is 16.3 Å². The maximum Gasteiger partial charge on any atom is 0.256 e. The summed E-state index contributed by atoms with van der Waals surface area (Å²) in [6.07, 6.45) is 0.774. The van der Waals surface area contributed by atoms with Gasteiger partial charge in [-0.05, 0) is 30.7 Å². The number of halogens is 2. The lowest BCUT2D eigenvalue weighted by molar-refractivity contribution is 0.0936. The maximum atomic E-state index is 13.8. The van der Waals surface area contributed by atoms with E-state index >= 15 is 0 Å². The third kappa shape index (κ3) is 3.31. The van der Waals surface area contributed by atoms with Crippen LogP contribution in [-0.2, 0) is 0 Å². The minimum Gasteiger partial charge on any atom is -0.495 e. The van der Waals surface area contributed by atoms with Gasteiger partial charge in [-0.2, -0.15) is 0 Å². The Kier molecular flexibility index (Phi) is 4.90. The van der Waals surface area contributed by atoms with Crippen LogP contribution in [0.3, 0.4) is 0 Å². The van der Waals surface area contributed by atoms with Crippen molar-refractivity contribution in [2.24, 2.45) is 0 Å². The van der Waals surface area contributed by atoms with Crippen molar-refractivity contribution in [2.75, 3.05) is 25.1 Å². The Morgan fingerprint density at radius 1 is 1.29 bits per heavy atom. The molecule has 1 heterocycles. The van der Waals surface area contributed by atoms with Gasteiger partial charge < -0.3 is 15.0 Å². The van der Waals surface area contributed by atoms with Gasteiger partial charge in [0.25, 0.3) is 5.91 Å². The highest BCUT2D eigenvalue weighted by Gasteiger charge is 2.27. The molecule has 2 aromatic carbocycles. The van der Waals surface area contributed by atoms with E-state index in [9.17, 15) is 9.18 Å². The van der Waals surface area contributed by atoms with Gasteiger partial charge in [-0.3, -0.25) is 4.79 Å². The maximum absolute atomic E-state index is 13.8. The molecule has 6 heteroatoms. The van der Waals surface area contributed by atoms with E-state index < -0.39 is 11.7 Å². The lowest BCUT2D eigenvalue weighted by atomic mass is 10.1. The molecule has 1 fully saturated rings. The van der Waals surface area contributed by atoms with Crippen molar-refractivity contribution in [3.8, 4) is 5.75 Å². The highest BCUT2D eigenvalue weighted by molar-refractivity contribution is 6.33. The molecule has 1 saturated heterocycles. The minimum atomic E-state index is -0.611. The molecule has 0 radical (unpaired) electrons. The first-order chi connectivity index (χ1) is 11.6. The molecule has 1 amide bonds. The largest absolute Gasteiger partial charge is 0.495 e. The van der Waals surface area contributed by atoms with Crippen LogP contribution in [-0.4, -0.2) is 32.1 Å². The number of methoxy groups -OCH3 is 1. The highest BCUT2D eigenvalue weighted by Crippen LogP contribution is 2.30. The fraction of sp³-hybridized carbons (Fsp3) is 0.278. The first kappa shape index (κ1) is 16.6. The number of ether oxygens (including phenoxy) is 1. The van der Waals surface area contributed by atoms with E-state index in [1.165, 1.54) is 18.2 Å². The molecule has 24 heavy (non-hydrogen) atoms. The number of nitrogens with zero attached hydrogens (tertiary/aromatic N) is 1. The number of para-hydroxylation sites is 2. The van der Waals surface area contributed by atoms with Crippen molar-refractivity contribution >= 4 is 23.2 Å². The van der Waals surface area contributed by atoms with Crippen LogP contribution in [0, 0.1) is 5.82 Å². The van der Waals surface area contributed by atoms with E-state index in [1.54, 1.807) is 7.11 Å². The normalized spacial score (nSPS) is 17.0.